The predicted molar refractivity (Wildman–Crippen MR) is 120 cm³/mol. The molecule has 2 atom stereocenters. The van der Waals surface area contributed by atoms with Gasteiger partial charge in [0.25, 0.3) is 11.6 Å². The number of carbonyl (C=O) groups excluding carboxylic acids is 3. The van der Waals surface area contributed by atoms with Gasteiger partial charge in [-0.25, -0.2) is 19.0 Å². The average molecular weight is 468 g/mol. The Kier molecular flexibility index (Phi) is 6.85. The number of pyridine rings is 1. The molecule has 34 heavy (non-hydrogen) atoms. The van der Waals surface area contributed by atoms with E-state index in [-0.39, 0.29) is 17.3 Å². The molecule has 0 bridgehead atoms. The van der Waals surface area contributed by atoms with Crippen LogP contribution in [-0.2, 0) is 9.53 Å². The first-order valence-electron chi connectivity index (χ1n) is 11.1. The molecule has 0 radical (unpaired) electrons. The maximum absolute atomic E-state index is 13.3. The van der Waals surface area contributed by atoms with Crippen molar-refractivity contribution in [2.75, 3.05) is 6.61 Å². The van der Waals surface area contributed by atoms with Gasteiger partial charge in [0.1, 0.15) is 5.82 Å². The smallest absolute Gasteiger partial charge is 0.339 e. The molecule has 10 heteroatoms. The molecular weight excluding hydrogens is 443 g/mol. The van der Waals surface area contributed by atoms with Crippen LogP contribution in [0.1, 0.15) is 48.7 Å². The fourth-order valence-corrected chi connectivity index (χ4v) is 4.13. The second kappa shape index (κ2) is 9.98. The van der Waals surface area contributed by atoms with Crippen LogP contribution in [0.15, 0.2) is 34.9 Å². The summed E-state index contributed by atoms with van der Waals surface area (Å²) in [5, 5.41) is 9.20. The number of aryl methyl sites for hydroxylation is 1. The Morgan fingerprint density at radius 3 is 2.65 bits per heavy atom. The number of urea groups is 1. The minimum absolute atomic E-state index is 0.00986. The largest absolute Gasteiger partial charge is 0.452 e. The normalized spacial score (nSPS) is 17.9. The highest BCUT2D eigenvalue weighted by Gasteiger charge is 2.24. The standard InChI is InChI=1S/C24H25FN4O5/c1-13-5-3-4-6-18(13)27-24(32)28-20(30)12-33-23(31)17-11-19(15-7-9-16(25)10-8-15)26-22-21(17)14(2)29-34-22/h7-11,13,18H,3-6,12H2,1-2H3,(H2,27,28,30,32). The highest BCUT2D eigenvalue weighted by atomic mass is 19.1. The second-order valence-corrected chi connectivity index (χ2v) is 8.48. The molecule has 2 heterocycles. The van der Waals surface area contributed by atoms with Gasteiger partial charge in [-0.2, -0.15) is 0 Å². The Labute approximate surface area is 195 Å². The lowest BCUT2D eigenvalue weighted by atomic mass is 9.86. The molecule has 2 aromatic heterocycles. The number of rotatable bonds is 5. The van der Waals surface area contributed by atoms with Gasteiger partial charge in [-0.1, -0.05) is 24.9 Å². The van der Waals surface area contributed by atoms with Gasteiger partial charge < -0.3 is 14.6 Å². The molecule has 2 N–H and O–H groups in total. The van der Waals surface area contributed by atoms with Gasteiger partial charge in [0.05, 0.1) is 22.3 Å². The first-order chi connectivity index (χ1) is 16.3. The van der Waals surface area contributed by atoms with Gasteiger partial charge in [0.15, 0.2) is 6.61 Å². The van der Waals surface area contributed by atoms with Gasteiger partial charge in [-0.15, -0.1) is 0 Å². The topological polar surface area (TPSA) is 123 Å². The van der Waals surface area contributed by atoms with Crippen LogP contribution in [0.4, 0.5) is 9.18 Å². The van der Waals surface area contributed by atoms with Crippen LogP contribution in [0, 0.1) is 18.7 Å². The van der Waals surface area contributed by atoms with Crippen LogP contribution in [0.3, 0.4) is 0 Å². The predicted octanol–water partition coefficient (Wildman–Crippen LogP) is 3.90. The molecule has 9 nitrogen and oxygen atoms in total. The van der Waals surface area contributed by atoms with Crippen molar-refractivity contribution < 1.29 is 28.0 Å². The molecule has 3 amide bonds. The number of hydrogen-bond acceptors (Lipinski definition) is 7. The zero-order valence-corrected chi connectivity index (χ0v) is 18.9. The van der Waals surface area contributed by atoms with Gasteiger partial charge >= 0.3 is 12.0 Å². The number of carbonyl (C=O) groups is 3. The van der Waals surface area contributed by atoms with Crippen molar-refractivity contribution in [3.8, 4) is 11.3 Å². The van der Waals surface area contributed by atoms with Crippen molar-refractivity contribution >= 4 is 29.0 Å². The lowest BCUT2D eigenvalue weighted by molar-refractivity contribution is -0.123. The van der Waals surface area contributed by atoms with E-state index in [9.17, 15) is 18.8 Å². The zero-order chi connectivity index (χ0) is 24.2. The maximum atomic E-state index is 13.3. The Hall–Kier alpha value is -3.82. The summed E-state index contributed by atoms with van der Waals surface area (Å²) in [4.78, 5) is 41.5. The molecule has 1 fully saturated rings. The van der Waals surface area contributed by atoms with E-state index < -0.39 is 30.3 Å². The van der Waals surface area contributed by atoms with Crippen molar-refractivity contribution in [2.24, 2.45) is 5.92 Å². The Balaban J connectivity index is 1.44. The van der Waals surface area contributed by atoms with Crippen molar-refractivity contribution in [3.63, 3.8) is 0 Å². The summed E-state index contributed by atoms with van der Waals surface area (Å²) < 4.78 is 23.7. The van der Waals surface area contributed by atoms with E-state index >= 15 is 0 Å². The lowest BCUT2D eigenvalue weighted by Gasteiger charge is -2.29. The van der Waals surface area contributed by atoms with Crippen LogP contribution in [-0.4, -0.2) is 40.7 Å². The molecule has 178 valence electrons. The summed E-state index contributed by atoms with van der Waals surface area (Å²) in [5.41, 5.74) is 1.53. The number of esters is 1. The van der Waals surface area contributed by atoms with Crippen LogP contribution in [0.5, 0.6) is 0 Å². The summed E-state index contributed by atoms with van der Waals surface area (Å²) in [6.07, 6.45) is 4.06. The fourth-order valence-electron chi connectivity index (χ4n) is 4.13. The van der Waals surface area contributed by atoms with E-state index in [0.717, 1.165) is 25.7 Å². The van der Waals surface area contributed by atoms with Crippen molar-refractivity contribution in [1.29, 1.82) is 0 Å². The van der Waals surface area contributed by atoms with Gasteiger partial charge in [-0.05, 0) is 56.0 Å². The third-order valence-electron chi connectivity index (χ3n) is 5.99. The van der Waals surface area contributed by atoms with E-state index in [1.54, 1.807) is 6.92 Å². The van der Waals surface area contributed by atoms with E-state index in [0.29, 0.717) is 28.3 Å². The van der Waals surface area contributed by atoms with E-state index in [4.69, 9.17) is 9.26 Å². The van der Waals surface area contributed by atoms with E-state index in [1.807, 2.05) is 0 Å². The van der Waals surface area contributed by atoms with Crippen molar-refractivity contribution in [2.45, 2.75) is 45.6 Å². The van der Waals surface area contributed by atoms with E-state index in [2.05, 4.69) is 27.7 Å². The number of imide groups is 1. The number of fused-ring (bicyclic) bond motifs is 1. The molecule has 3 aromatic rings. The number of ether oxygens (including phenoxy) is 1. The molecule has 4 rings (SSSR count). The highest BCUT2D eigenvalue weighted by molar-refractivity contribution is 6.05. The number of benzene rings is 1. The van der Waals surface area contributed by atoms with Gasteiger partial charge in [0, 0.05) is 11.6 Å². The fraction of sp³-hybridized carbons (Fsp3) is 0.375. The monoisotopic (exact) mass is 468 g/mol. The van der Waals surface area contributed by atoms with Gasteiger partial charge in [-0.3, -0.25) is 10.1 Å². The Morgan fingerprint density at radius 2 is 1.91 bits per heavy atom. The number of aromatic nitrogens is 2. The number of halogens is 1. The molecule has 1 saturated carbocycles. The summed E-state index contributed by atoms with van der Waals surface area (Å²) in [7, 11) is 0. The molecule has 0 saturated heterocycles. The summed E-state index contributed by atoms with van der Waals surface area (Å²) in [6.45, 7) is 3.06. The van der Waals surface area contributed by atoms with Crippen LogP contribution in [0.25, 0.3) is 22.4 Å². The molecule has 1 aliphatic rings. The molecule has 0 aliphatic heterocycles. The quantitative estimate of drug-likeness (QED) is 0.544. The first kappa shape index (κ1) is 23.3. The number of hydrogen-bond donors (Lipinski definition) is 2. The maximum Gasteiger partial charge on any atom is 0.339 e. The minimum Gasteiger partial charge on any atom is -0.452 e. The number of amides is 3. The molecule has 0 spiro atoms. The molecule has 2 unspecified atom stereocenters. The Morgan fingerprint density at radius 1 is 1.18 bits per heavy atom. The highest BCUT2D eigenvalue weighted by Crippen LogP contribution is 2.28. The number of nitrogens with one attached hydrogen (secondary N) is 2. The van der Waals surface area contributed by atoms with E-state index in [1.165, 1.54) is 30.3 Å². The summed E-state index contributed by atoms with van der Waals surface area (Å²) in [5.74, 6) is -1.63. The summed E-state index contributed by atoms with van der Waals surface area (Å²) in [6, 6.07) is 6.44. The van der Waals surface area contributed by atoms with Crippen LogP contribution >= 0.6 is 0 Å². The third-order valence-corrected chi connectivity index (χ3v) is 5.99. The second-order valence-electron chi connectivity index (χ2n) is 8.48. The van der Waals surface area contributed by atoms with Crippen LogP contribution in [0.2, 0.25) is 0 Å². The summed E-state index contributed by atoms with van der Waals surface area (Å²) >= 11 is 0. The zero-order valence-electron chi connectivity index (χ0n) is 18.9. The van der Waals surface area contributed by atoms with Crippen molar-refractivity contribution in [3.05, 3.63) is 47.4 Å². The third kappa shape index (κ3) is 5.22. The lowest BCUT2D eigenvalue weighted by Crippen LogP contribution is -2.48. The Bertz CT molecular complexity index is 1220. The van der Waals surface area contributed by atoms with Crippen LogP contribution < -0.4 is 10.6 Å². The molecule has 1 aromatic carbocycles. The molecule has 1 aliphatic carbocycles. The number of nitrogens with zero attached hydrogens (tertiary/aromatic N) is 2. The first-order valence-corrected chi connectivity index (χ1v) is 11.1. The van der Waals surface area contributed by atoms with Gasteiger partial charge in [0.2, 0.25) is 0 Å². The SMILES string of the molecule is Cc1noc2nc(-c3ccc(F)cc3)cc(C(=O)OCC(=O)NC(=O)NC3CCCCC3C)c12. The minimum atomic E-state index is -0.807. The molecular formula is C24H25FN4O5. The van der Waals surface area contributed by atoms with Crippen molar-refractivity contribution in [1.82, 2.24) is 20.8 Å². The average Bonchev–Trinajstić information content (AvgIpc) is 3.19.